The standard InChI is InChI=1S/C19H17FN4O2/c1-13-11-15(14(2)23(13)18-7-3-16(20)4-8-18)12-21-22-17-5-9-19(10-6-17)24(25)26/h3-12,22H,1-2H3/b21-12-. The molecule has 0 saturated heterocycles. The van der Waals surface area contributed by atoms with Crippen molar-refractivity contribution in [3.05, 3.63) is 87.5 Å². The Kier molecular flexibility index (Phi) is 4.79. The molecule has 0 atom stereocenters. The Morgan fingerprint density at radius 2 is 1.77 bits per heavy atom. The van der Waals surface area contributed by atoms with Crippen molar-refractivity contribution >= 4 is 17.6 Å². The molecule has 3 rings (SSSR count). The van der Waals surface area contributed by atoms with Crippen LogP contribution in [0.2, 0.25) is 0 Å². The zero-order valence-electron chi connectivity index (χ0n) is 14.3. The molecule has 7 heteroatoms. The Bertz CT molecular complexity index is 960. The fourth-order valence-electron chi connectivity index (χ4n) is 2.74. The number of aromatic nitrogens is 1. The van der Waals surface area contributed by atoms with Crippen LogP contribution in [-0.2, 0) is 0 Å². The fraction of sp³-hybridized carbons (Fsp3) is 0.105. The Morgan fingerprint density at radius 1 is 1.12 bits per heavy atom. The van der Waals surface area contributed by atoms with E-state index in [2.05, 4.69) is 10.5 Å². The number of nitrogens with one attached hydrogen (secondary N) is 1. The molecule has 1 heterocycles. The molecule has 0 aliphatic heterocycles. The maximum absolute atomic E-state index is 13.1. The summed E-state index contributed by atoms with van der Waals surface area (Å²) in [5.41, 5.74) is 7.31. The van der Waals surface area contributed by atoms with Crippen molar-refractivity contribution in [2.75, 3.05) is 5.43 Å². The molecule has 3 aromatic rings. The Hall–Kier alpha value is -3.48. The lowest BCUT2D eigenvalue weighted by molar-refractivity contribution is -0.384. The minimum absolute atomic E-state index is 0.0300. The molecule has 0 aliphatic carbocycles. The molecular weight excluding hydrogens is 335 g/mol. The molecule has 0 bridgehead atoms. The summed E-state index contributed by atoms with van der Waals surface area (Å²) >= 11 is 0. The van der Waals surface area contributed by atoms with Gasteiger partial charge in [0.2, 0.25) is 0 Å². The predicted molar refractivity (Wildman–Crippen MR) is 99.5 cm³/mol. The van der Waals surface area contributed by atoms with Crippen LogP contribution in [0.15, 0.2) is 59.7 Å². The van der Waals surface area contributed by atoms with Crippen LogP contribution in [0.25, 0.3) is 5.69 Å². The molecule has 0 aliphatic rings. The number of hydrogen-bond acceptors (Lipinski definition) is 4. The summed E-state index contributed by atoms with van der Waals surface area (Å²) < 4.78 is 15.2. The van der Waals surface area contributed by atoms with Crippen LogP contribution in [0.4, 0.5) is 15.8 Å². The highest BCUT2D eigenvalue weighted by Crippen LogP contribution is 2.20. The van der Waals surface area contributed by atoms with Crippen molar-refractivity contribution in [1.82, 2.24) is 4.57 Å². The van der Waals surface area contributed by atoms with Crippen molar-refractivity contribution in [2.24, 2.45) is 5.10 Å². The molecule has 1 aromatic heterocycles. The summed E-state index contributed by atoms with van der Waals surface area (Å²) in [6.07, 6.45) is 1.68. The molecule has 0 radical (unpaired) electrons. The number of benzene rings is 2. The van der Waals surface area contributed by atoms with Crippen LogP contribution in [-0.4, -0.2) is 15.7 Å². The lowest BCUT2D eigenvalue weighted by atomic mass is 10.2. The molecule has 26 heavy (non-hydrogen) atoms. The maximum atomic E-state index is 13.1. The SMILES string of the molecule is Cc1cc(/C=N\Nc2ccc([N+](=O)[O-])cc2)c(C)n1-c1ccc(F)cc1. The van der Waals surface area contributed by atoms with Gasteiger partial charge in [-0.3, -0.25) is 15.5 Å². The number of nitro benzene ring substituents is 1. The third-order valence-electron chi connectivity index (χ3n) is 4.03. The molecule has 0 fully saturated rings. The van der Waals surface area contributed by atoms with Gasteiger partial charge in [0.1, 0.15) is 5.82 Å². The van der Waals surface area contributed by atoms with Crippen molar-refractivity contribution in [1.29, 1.82) is 0 Å². The van der Waals surface area contributed by atoms with E-state index in [0.29, 0.717) is 5.69 Å². The molecule has 0 amide bonds. The summed E-state index contributed by atoms with van der Waals surface area (Å²) in [7, 11) is 0. The lowest BCUT2D eigenvalue weighted by Crippen LogP contribution is -2.00. The quantitative estimate of drug-likeness (QED) is 0.415. The number of aryl methyl sites for hydroxylation is 1. The summed E-state index contributed by atoms with van der Waals surface area (Å²) in [5, 5.41) is 14.8. The number of non-ortho nitro benzene ring substituents is 1. The van der Waals surface area contributed by atoms with Crippen LogP contribution < -0.4 is 5.43 Å². The molecule has 132 valence electrons. The number of nitrogens with zero attached hydrogens (tertiary/aromatic N) is 3. The van der Waals surface area contributed by atoms with Gasteiger partial charge in [-0.2, -0.15) is 5.10 Å². The highest BCUT2D eigenvalue weighted by Gasteiger charge is 2.09. The number of halogens is 1. The Labute approximate surface area is 149 Å². The van der Waals surface area contributed by atoms with Crippen LogP contribution in [0, 0.1) is 29.8 Å². The number of hydrazone groups is 1. The summed E-state index contributed by atoms with van der Waals surface area (Å²) in [5.74, 6) is -0.273. The van der Waals surface area contributed by atoms with E-state index in [0.717, 1.165) is 22.6 Å². The predicted octanol–water partition coefficient (Wildman–Crippen LogP) is 4.59. The van der Waals surface area contributed by atoms with Crippen molar-refractivity contribution in [3.8, 4) is 5.69 Å². The van der Waals surface area contributed by atoms with Crippen molar-refractivity contribution in [2.45, 2.75) is 13.8 Å². The Balaban J connectivity index is 1.78. The zero-order valence-corrected chi connectivity index (χ0v) is 14.3. The third-order valence-corrected chi connectivity index (χ3v) is 4.03. The third kappa shape index (κ3) is 3.61. The molecule has 0 spiro atoms. The van der Waals surface area contributed by atoms with Gasteiger partial charge < -0.3 is 4.57 Å². The maximum Gasteiger partial charge on any atom is 0.269 e. The van der Waals surface area contributed by atoms with E-state index < -0.39 is 4.92 Å². The molecule has 1 N–H and O–H groups in total. The van der Waals surface area contributed by atoms with Gasteiger partial charge in [0, 0.05) is 34.8 Å². The van der Waals surface area contributed by atoms with E-state index in [9.17, 15) is 14.5 Å². The average Bonchev–Trinajstić information content (AvgIpc) is 2.90. The number of rotatable bonds is 5. The van der Waals surface area contributed by atoms with Gasteiger partial charge in [0.05, 0.1) is 16.8 Å². The minimum Gasteiger partial charge on any atom is -0.318 e. The summed E-state index contributed by atoms with van der Waals surface area (Å²) in [6, 6.07) is 14.3. The van der Waals surface area contributed by atoms with Crippen molar-refractivity contribution in [3.63, 3.8) is 0 Å². The van der Waals surface area contributed by atoms with E-state index in [1.165, 1.54) is 24.3 Å². The van der Waals surface area contributed by atoms with Gasteiger partial charge in [-0.1, -0.05) is 0 Å². The normalized spacial score (nSPS) is 11.0. The van der Waals surface area contributed by atoms with Crippen LogP contribution in [0.1, 0.15) is 17.0 Å². The first kappa shape index (κ1) is 17.3. The van der Waals surface area contributed by atoms with Crippen LogP contribution in [0.3, 0.4) is 0 Å². The first-order valence-electron chi connectivity index (χ1n) is 7.94. The highest BCUT2D eigenvalue weighted by molar-refractivity contribution is 5.82. The smallest absolute Gasteiger partial charge is 0.269 e. The van der Waals surface area contributed by atoms with E-state index in [-0.39, 0.29) is 11.5 Å². The minimum atomic E-state index is -0.447. The number of nitro groups is 1. The van der Waals surface area contributed by atoms with Gasteiger partial charge in [-0.15, -0.1) is 0 Å². The largest absolute Gasteiger partial charge is 0.318 e. The van der Waals surface area contributed by atoms with Crippen LogP contribution in [0.5, 0.6) is 0 Å². The van der Waals surface area contributed by atoms with E-state index in [4.69, 9.17) is 0 Å². The molecular formula is C19H17FN4O2. The second-order valence-electron chi connectivity index (χ2n) is 5.81. The van der Waals surface area contributed by atoms with Gasteiger partial charge in [0.15, 0.2) is 0 Å². The van der Waals surface area contributed by atoms with Gasteiger partial charge in [-0.25, -0.2) is 4.39 Å². The monoisotopic (exact) mass is 352 g/mol. The summed E-state index contributed by atoms with van der Waals surface area (Å²) in [4.78, 5) is 10.2. The molecule has 0 unspecified atom stereocenters. The van der Waals surface area contributed by atoms with Crippen LogP contribution >= 0.6 is 0 Å². The van der Waals surface area contributed by atoms with Gasteiger partial charge >= 0.3 is 0 Å². The second-order valence-corrected chi connectivity index (χ2v) is 5.81. The lowest BCUT2D eigenvalue weighted by Gasteiger charge is -2.09. The number of hydrogen-bond donors (Lipinski definition) is 1. The van der Waals surface area contributed by atoms with E-state index in [1.54, 1.807) is 30.5 Å². The van der Waals surface area contributed by atoms with Gasteiger partial charge in [0.25, 0.3) is 5.69 Å². The number of anilines is 1. The zero-order chi connectivity index (χ0) is 18.7. The first-order valence-corrected chi connectivity index (χ1v) is 7.94. The Morgan fingerprint density at radius 3 is 2.38 bits per heavy atom. The molecule has 2 aromatic carbocycles. The van der Waals surface area contributed by atoms with E-state index in [1.807, 2.05) is 24.5 Å². The van der Waals surface area contributed by atoms with Gasteiger partial charge in [-0.05, 0) is 56.3 Å². The molecule has 6 nitrogen and oxygen atoms in total. The van der Waals surface area contributed by atoms with E-state index >= 15 is 0 Å². The molecule has 0 saturated carbocycles. The van der Waals surface area contributed by atoms with Crippen molar-refractivity contribution < 1.29 is 9.31 Å². The summed E-state index contributed by atoms with van der Waals surface area (Å²) in [6.45, 7) is 3.93. The topological polar surface area (TPSA) is 72.5 Å². The second kappa shape index (κ2) is 7.18. The first-order chi connectivity index (χ1) is 12.5. The highest BCUT2D eigenvalue weighted by atomic mass is 19.1. The fourth-order valence-corrected chi connectivity index (χ4v) is 2.74. The average molecular weight is 352 g/mol.